The van der Waals surface area contributed by atoms with E-state index in [4.69, 9.17) is 26.3 Å². The third kappa shape index (κ3) is 5.59. The number of nitriles is 1. The number of aromatic nitrogens is 2. The average molecular weight is 600 g/mol. The molecule has 7 rings (SSSR count). The highest BCUT2D eigenvalue weighted by molar-refractivity contribution is 6.36. The molecule has 1 saturated carbocycles. The fourth-order valence-corrected chi connectivity index (χ4v) is 7.28. The van der Waals surface area contributed by atoms with Crippen molar-refractivity contribution in [3.05, 3.63) is 52.7 Å². The van der Waals surface area contributed by atoms with Crippen LogP contribution >= 0.6 is 11.6 Å². The normalized spacial score (nSPS) is 22.5. The van der Waals surface area contributed by atoms with Gasteiger partial charge in [-0.3, -0.25) is 4.79 Å². The van der Waals surface area contributed by atoms with E-state index >= 15 is 0 Å². The van der Waals surface area contributed by atoms with Crippen molar-refractivity contribution >= 4 is 39.8 Å². The van der Waals surface area contributed by atoms with Gasteiger partial charge in [0.05, 0.1) is 35.8 Å². The molecule has 0 radical (unpaired) electrons. The minimum Gasteiger partial charge on any atom is -0.462 e. The topological polar surface area (TPSA) is 88.8 Å². The van der Waals surface area contributed by atoms with Crippen molar-refractivity contribution in [2.24, 2.45) is 5.92 Å². The number of hydrogen-bond donors (Lipinski definition) is 0. The van der Waals surface area contributed by atoms with Gasteiger partial charge in [-0.1, -0.05) is 35.9 Å². The first-order valence-electron chi connectivity index (χ1n) is 15.6. The number of likely N-dealkylation sites (tertiary alicyclic amines) is 1. The summed E-state index contributed by atoms with van der Waals surface area (Å²) in [6, 6.07) is 15.3. The average Bonchev–Trinajstić information content (AvgIpc) is 3.80. The zero-order valence-electron chi connectivity index (χ0n) is 24.7. The van der Waals surface area contributed by atoms with Crippen molar-refractivity contribution in [3.8, 4) is 12.1 Å². The SMILES string of the molecule is CN1CCC[C@H]1COc1nc2c(c(N3CCN(C(=O)C4CC4)[C@@H](CC#N)C3)n1)CCN(c1cccc3cccc(Cl)c13)C2. The highest BCUT2D eigenvalue weighted by Crippen LogP contribution is 2.38. The number of nitrogens with zero attached hydrogens (tertiary/aromatic N) is 7. The third-order valence-electron chi connectivity index (χ3n) is 9.59. The van der Waals surface area contributed by atoms with E-state index in [0.29, 0.717) is 51.3 Å². The number of likely N-dealkylation sites (N-methyl/N-ethyl adjacent to an activating group) is 1. The molecule has 224 valence electrons. The summed E-state index contributed by atoms with van der Waals surface area (Å²) in [6.07, 6.45) is 5.31. The number of anilines is 2. The van der Waals surface area contributed by atoms with Crippen LogP contribution in [0.1, 0.15) is 43.4 Å². The second-order valence-electron chi connectivity index (χ2n) is 12.4. The molecule has 2 aromatic carbocycles. The summed E-state index contributed by atoms with van der Waals surface area (Å²) in [6.45, 7) is 4.93. The Morgan fingerprint density at radius 2 is 1.88 bits per heavy atom. The standard InChI is InChI=1S/C33H38ClN7O2/c1-38-15-4-7-25(38)21-43-33-36-28-20-39(29-9-3-6-22-5-2-8-27(34)30(22)29)16-13-26(28)31(37-33)40-17-18-41(24(19-40)12-14-35)32(42)23-10-11-23/h2-3,5-6,8-9,23-25H,4,7,10-13,15-21H2,1H3/t24-,25-/m0/s1. The number of rotatable bonds is 7. The smallest absolute Gasteiger partial charge is 0.318 e. The van der Waals surface area contributed by atoms with Gasteiger partial charge in [-0.2, -0.15) is 15.2 Å². The van der Waals surface area contributed by atoms with Gasteiger partial charge in [-0.15, -0.1) is 0 Å². The van der Waals surface area contributed by atoms with E-state index in [1.807, 2.05) is 17.0 Å². The van der Waals surface area contributed by atoms with E-state index in [1.165, 1.54) is 6.42 Å². The minimum absolute atomic E-state index is 0.141. The van der Waals surface area contributed by atoms with Crippen LogP contribution in [-0.4, -0.2) is 84.1 Å². The van der Waals surface area contributed by atoms with Crippen LogP contribution in [0.25, 0.3) is 10.8 Å². The lowest BCUT2D eigenvalue weighted by Gasteiger charge is -2.42. The van der Waals surface area contributed by atoms with Gasteiger partial charge in [-0.05, 0) is 63.2 Å². The zero-order valence-corrected chi connectivity index (χ0v) is 25.5. The van der Waals surface area contributed by atoms with Gasteiger partial charge in [0.1, 0.15) is 12.4 Å². The van der Waals surface area contributed by atoms with Crippen LogP contribution in [0.5, 0.6) is 6.01 Å². The van der Waals surface area contributed by atoms with Crippen LogP contribution in [0.3, 0.4) is 0 Å². The Morgan fingerprint density at radius 1 is 1.05 bits per heavy atom. The van der Waals surface area contributed by atoms with Gasteiger partial charge in [0.25, 0.3) is 0 Å². The van der Waals surface area contributed by atoms with E-state index in [1.54, 1.807) is 0 Å². The number of benzene rings is 2. The Hall–Kier alpha value is -3.61. The molecule has 1 aliphatic carbocycles. The van der Waals surface area contributed by atoms with E-state index in [-0.39, 0.29) is 17.9 Å². The van der Waals surface area contributed by atoms with Crippen molar-refractivity contribution in [2.75, 3.05) is 56.2 Å². The van der Waals surface area contributed by atoms with Gasteiger partial charge in [0, 0.05) is 54.8 Å². The Bertz CT molecular complexity index is 1570. The Kier molecular flexibility index (Phi) is 7.74. The maximum Gasteiger partial charge on any atom is 0.318 e. The summed E-state index contributed by atoms with van der Waals surface area (Å²) in [4.78, 5) is 32.0. The highest BCUT2D eigenvalue weighted by Gasteiger charge is 2.40. The molecule has 2 atom stereocenters. The van der Waals surface area contributed by atoms with Gasteiger partial charge in [0.15, 0.2) is 0 Å². The van der Waals surface area contributed by atoms with Crippen LogP contribution < -0.4 is 14.5 Å². The molecule has 9 nitrogen and oxygen atoms in total. The number of fused-ring (bicyclic) bond motifs is 2. The molecule has 10 heteroatoms. The minimum atomic E-state index is -0.146. The molecule has 3 fully saturated rings. The summed E-state index contributed by atoms with van der Waals surface area (Å²) >= 11 is 6.71. The Labute approximate surface area is 258 Å². The number of carbonyl (C=O) groups excluding carboxylic acids is 1. The second-order valence-corrected chi connectivity index (χ2v) is 12.8. The molecule has 3 aliphatic heterocycles. The summed E-state index contributed by atoms with van der Waals surface area (Å²) in [5.74, 6) is 1.23. The lowest BCUT2D eigenvalue weighted by Crippen LogP contribution is -2.56. The molecular formula is C33H38ClN7O2. The molecule has 0 unspecified atom stereocenters. The van der Waals surface area contributed by atoms with Crippen molar-refractivity contribution in [2.45, 2.75) is 57.2 Å². The van der Waals surface area contributed by atoms with E-state index in [2.05, 4.69) is 52.1 Å². The summed E-state index contributed by atoms with van der Waals surface area (Å²) < 4.78 is 6.31. The first kappa shape index (κ1) is 28.2. The Morgan fingerprint density at radius 3 is 2.65 bits per heavy atom. The fourth-order valence-electron chi connectivity index (χ4n) is 7.00. The molecule has 4 aliphatic rings. The maximum absolute atomic E-state index is 13.0. The van der Waals surface area contributed by atoms with Crippen LogP contribution in [0.2, 0.25) is 5.02 Å². The molecule has 3 aromatic rings. The number of halogens is 1. The van der Waals surface area contributed by atoms with Crippen molar-refractivity contribution in [1.82, 2.24) is 19.8 Å². The molecule has 2 saturated heterocycles. The first-order chi connectivity index (χ1) is 21.0. The second kappa shape index (κ2) is 11.8. The van der Waals surface area contributed by atoms with Gasteiger partial charge in [0.2, 0.25) is 5.91 Å². The predicted molar refractivity (Wildman–Crippen MR) is 168 cm³/mol. The fraction of sp³-hybridized carbons (Fsp3) is 0.515. The largest absolute Gasteiger partial charge is 0.462 e. The van der Waals surface area contributed by atoms with E-state index < -0.39 is 0 Å². The quantitative estimate of drug-likeness (QED) is 0.387. The Balaban J connectivity index is 1.21. The molecule has 1 amide bonds. The molecule has 4 heterocycles. The first-order valence-corrected chi connectivity index (χ1v) is 16.0. The molecular weight excluding hydrogens is 562 g/mol. The van der Waals surface area contributed by atoms with Gasteiger partial charge < -0.3 is 24.3 Å². The van der Waals surface area contributed by atoms with Crippen LogP contribution in [0, 0.1) is 17.2 Å². The number of carbonyl (C=O) groups is 1. The van der Waals surface area contributed by atoms with Crippen LogP contribution in [0.4, 0.5) is 11.5 Å². The van der Waals surface area contributed by atoms with Crippen LogP contribution in [-0.2, 0) is 17.8 Å². The monoisotopic (exact) mass is 599 g/mol. The predicted octanol–water partition coefficient (Wildman–Crippen LogP) is 4.66. The van der Waals surface area contributed by atoms with E-state index in [9.17, 15) is 10.1 Å². The molecule has 0 bridgehead atoms. The van der Waals surface area contributed by atoms with Crippen molar-refractivity contribution in [1.29, 1.82) is 5.26 Å². The van der Waals surface area contributed by atoms with Crippen molar-refractivity contribution in [3.63, 3.8) is 0 Å². The summed E-state index contributed by atoms with van der Waals surface area (Å²) in [7, 11) is 2.14. The molecule has 1 aromatic heterocycles. The highest BCUT2D eigenvalue weighted by atomic mass is 35.5. The number of ether oxygens (including phenoxy) is 1. The van der Waals surface area contributed by atoms with Crippen molar-refractivity contribution < 1.29 is 9.53 Å². The molecule has 0 spiro atoms. The molecule has 0 N–H and O–H groups in total. The zero-order chi connectivity index (χ0) is 29.5. The van der Waals surface area contributed by atoms with Gasteiger partial charge >= 0.3 is 6.01 Å². The number of piperazine rings is 1. The number of hydrogen-bond acceptors (Lipinski definition) is 8. The third-order valence-corrected chi connectivity index (χ3v) is 9.91. The van der Waals surface area contributed by atoms with Gasteiger partial charge in [-0.25, -0.2) is 0 Å². The van der Waals surface area contributed by atoms with E-state index in [0.717, 1.165) is 77.3 Å². The molecule has 43 heavy (non-hydrogen) atoms. The summed E-state index contributed by atoms with van der Waals surface area (Å²) in [5, 5.41) is 12.5. The summed E-state index contributed by atoms with van der Waals surface area (Å²) in [5.41, 5.74) is 3.19. The van der Waals surface area contributed by atoms with Crippen LogP contribution in [0.15, 0.2) is 36.4 Å². The number of amides is 1. The lowest BCUT2D eigenvalue weighted by molar-refractivity contribution is -0.135. The lowest BCUT2D eigenvalue weighted by atomic mass is 10.0. The maximum atomic E-state index is 13.0.